The average molecular weight is 174 g/mol. The molecule has 0 aromatic heterocycles. The van der Waals surface area contributed by atoms with Crippen molar-refractivity contribution in [3.63, 3.8) is 0 Å². The van der Waals surface area contributed by atoms with E-state index in [4.69, 9.17) is 0 Å². The predicted molar refractivity (Wildman–Crippen MR) is 51.0 cm³/mol. The monoisotopic (exact) mass is 174 g/mol. The molecule has 1 aliphatic heterocycles. The zero-order valence-corrected chi connectivity index (χ0v) is 8.85. The van der Waals surface area contributed by atoms with Gasteiger partial charge in [0.25, 0.3) is 0 Å². The van der Waals surface area contributed by atoms with Crippen LogP contribution in [0, 0.1) is 0 Å². The molecule has 0 radical (unpaired) electrons. The molecular weight excluding hydrogens is 156 g/mol. The molecule has 0 spiro atoms. The summed E-state index contributed by atoms with van der Waals surface area (Å²) in [6.45, 7) is 11.2. The maximum atomic E-state index is 2.42. The van der Waals surface area contributed by atoms with Crippen LogP contribution in [-0.2, 0) is 0 Å². The number of nitrogens with zero attached hydrogens (tertiary/aromatic N) is 2. The summed E-state index contributed by atoms with van der Waals surface area (Å²) in [6, 6.07) is 1.31. The summed E-state index contributed by atoms with van der Waals surface area (Å²) in [4.78, 5) is 0. The molecule has 1 saturated heterocycles. The molecule has 2 nitrogen and oxygen atoms in total. The van der Waals surface area contributed by atoms with Gasteiger partial charge in [-0.1, -0.05) is 0 Å². The minimum atomic E-state index is 0.611. The minimum absolute atomic E-state index is 0.611. The maximum absolute atomic E-state index is 2.42. The summed E-state index contributed by atoms with van der Waals surface area (Å²) >= 11 is 1.86. The van der Waals surface area contributed by atoms with Gasteiger partial charge in [0.2, 0.25) is 0 Å². The zero-order valence-electron chi connectivity index (χ0n) is 8.03. The first-order valence-electron chi connectivity index (χ1n) is 4.28. The molecule has 0 unspecified atom stereocenters. The normalized spacial score (nSPS) is 23.2. The van der Waals surface area contributed by atoms with E-state index in [1.165, 1.54) is 0 Å². The Balaban J connectivity index is 2.38. The topological polar surface area (TPSA) is 6.48 Å². The largest absolute Gasteiger partial charge is 0.217 e. The van der Waals surface area contributed by atoms with Crippen molar-refractivity contribution >= 4 is 12.1 Å². The summed E-state index contributed by atoms with van der Waals surface area (Å²) in [5.74, 6) is 0. The van der Waals surface area contributed by atoms with Gasteiger partial charge in [-0.05, 0) is 34.6 Å². The lowest BCUT2D eigenvalue weighted by Crippen LogP contribution is -2.56. The molecule has 66 valence electrons. The Hall–Kier alpha value is 0.270. The second kappa shape index (κ2) is 3.33. The highest BCUT2D eigenvalue weighted by Gasteiger charge is 2.37. The van der Waals surface area contributed by atoms with Gasteiger partial charge in [-0.2, -0.15) is 0 Å². The van der Waals surface area contributed by atoms with Crippen LogP contribution < -0.4 is 0 Å². The van der Waals surface area contributed by atoms with Gasteiger partial charge in [0.1, 0.15) is 0 Å². The number of hydrogen-bond donors (Lipinski definition) is 0. The van der Waals surface area contributed by atoms with Crippen LogP contribution in [0.2, 0.25) is 0 Å². The van der Waals surface area contributed by atoms with Crippen molar-refractivity contribution in [1.29, 1.82) is 0 Å². The molecule has 11 heavy (non-hydrogen) atoms. The third-order valence-electron chi connectivity index (χ3n) is 1.94. The maximum Gasteiger partial charge on any atom is 0.0818 e. The molecule has 0 amide bonds. The number of rotatable bonds is 2. The van der Waals surface area contributed by atoms with Crippen LogP contribution in [0.25, 0.3) is 0 Å². The Morgan fingerprint density at radius 3 is 1.55 bits per heavy atom. The molecule has 3 heteroatoms. The van der Waals surface area contributed by atoms with Gasteiger partial charge in [0.15, 0.2) is 0 Å². The first-order valence-corrected chi connectivity index (χ1v) is 5.01. The van der Waals surface area contributed by atoms with E-state index >= 15 is 0 Å². The summed E-state index contributed by atoms with van der Waals surface area (Å²) in [6.07, 6.45) is 0.611. The molecule has 1 heterocycles. The molecule has 0 aromatic carbocycles. The van der Waals surface area contributed by atoms with Gasteiger partial charge in [0, 0.05) is 24.2 Å². The Bertz CT molecular complexity index is 122. The van der Waals surface area contributed by atoms with Crippen LogP contribution in [0.15, 0.2) is 0 Å². The van der Waals surface area contributed by atoms with E-state index in [0.29, 0.717) is 18.2 Å². The van der Waals surface area contributed by atoms with E-state index in [2.05, 4.69) is 43.2 Å². The van der Waals surface area contributed by atoms with Crippen molar-refractivity contribution in [3.05, 3.63) is 0 Å². The summed E-state index contributed by atoms with van der Waals surface area (Å²) in [5, 5.41) is 0. The SMILES string of the molecule is CC(C)N1SN(C(C)C)C1C. The first-order chi connectivity index (χ1) is 5.04. The van der Waals surface area contributed by atoms with Crippen LogP contribution in [0.4, 0.5) is 0 Å². The van der Waals surface area contributed by atoms with Crippen molar-refractivity contribution in [2.75, 3.05) is 0 Å². The third-order valence-corrected chi connectivity index (χ3v) is 3.77. The van der Waals surface area contributed by atoms with E-state index in [1.54, 1.807) is 0 Å². The average Bonchev–Trinajstić information content (AvgIpc) is 1.82. The fourth-order valence-electron chi connectivity index (χ4n) is 1.37. The molecule has 0 N–H and O–H groups in total. The summed E-state index contributed by atoms with van der Waals surface area (Å²) in [7, 11) is 0. The smallest absolute Gasteiger partial charge is 0.0818 e. The highest BCUT2D eigenvalue weighted by atomic mass is 32.2. The molecule has 1 rings (SSSR count). The van der Waals surface area contributed by atoms with Gasteiger partial charge in [-0.25, -0.2) is 8.61 Å². The van der Waals surface area contributed by atoms with E-state index in [9.17, 15) is 0 Å². The third kappa shape index (κ3) is 1.71. The lowest BCUT2D eigenvalue weighted by Gasteiger charge is -2.51. The predicted octanol–water partition coefficient (Wildman–Crippen LogP) is 2.33. The van der Waals surface area contributed by atoms with Crippen molar-refractivity contribution in [1.82, 2.24) is 8.61 Å². The highest BCUT2D eigenvalue weighted by Crippen LogP contribution is 2.38. The first kappa shape index (κ1) is 9.36. The Morgan fingerprint density at radius 1 is 1.00 bits per heavy atom. The molecule has 0 aromatic rings. The zero-order chi connectivity index (χ0) is 8.59. The van der Waals surface area contributed by atoms with Crippen LogP contribution in [-0.4, -0.2) is 26.9 Å². The van der Waals surface area contributed by atoms with Gasteiger partial charge >= 0.3 is 0 Å². The molecule has 0 saturated carbocycles. The summed E-state index contributed by atoms with van der Waals surface area (Å²) < 4.78 is 4.83. The quantitative estimate of drug-likeness (QED) is 0.593. The van der Waals surface area contributed by atoms with E-state index in [-0.39, 0.29) is 0 Å². The Kier molecular flexibility index (Phi) is 2.84. The molecule has 0 bridgehead atoms. The van der Waals surface area contributed by atoms with E-state index < -0.39 is 0 Å². The molecule has 1 aliphatic rings. The van der Waals surface area contributed by atoms with Gasteiger partial charge in [-0.15, -0.1) is 0 Å². The van der Waals surface area contributed by atoms with Crippen LogP contribution in [0.5, 0.6) is 0 Å². The van der Waals surface area contributed by atoms with E-state index in [0.717, 1.165) is 0 Å². The second-order valence-corrected chi connectivity index (χ2v) is 4.63. The minimum Gasteiger partial charge on any atom is -0.217 e. The summed E-state index contributed by atoms with van der Waals surface area (Å²) in [5.41, 5.74) is 0. The highest BCUT2D eigenvalue weighted by molar-refractivity contribution is 7.95. The molecule has 1 fully saturated rings. The molecular formula is C8H18N2S. The lowest BCUT2D eigenvalue weighted by molar-refractivity contribution is 0.108. The Morgan fingerprint density at radius 2 is 1.36 bits per heavy atom. The van der Waals surface area contributed by atoms with Crippen molar-refractivity contribution in [3.8, 4) is 0 Å². The number of hydrogen-bond acceptors (Lipinski definition) is 3. The molecule has 0 aliphatic carbocycles. The van der Waals surface area contributed by atoms with Gasteiger partial charge in [-0.3, -0.25) is 0 Å². The van der Waals surface area contributed by atoms with Crippen molar-refractivity contribution in [2.24, 2.45) is 0 Å². The van der Waals surface area contributed by atoms with Crippen LogP contribution in [0.3, 0.4) is 0 Å². The second-order valence-electron chi connectivity index (χ2n) is 3.62. The Labute approximate surface area is 74.2 Å². The fourth-order valence-corrected chi connectivity index (χ4v) is 2.30. The fraction of sp³-hybridized carbons (Fsp3) is 1.00. The van der Waals surface area contributed by atoms with Gasteiger partial charge in [0.05, 0.1) is 6.17 Å². The van der Waals surface area contributed by atoms with Crippen molar-refractivity contribution < 1.29 is 0 Å². The lowest BCUT2D eigenvalue weighted by atomic mass is 10.3. The van der Waals surface area contributed by atoms with Gasteiger partial charge < -0.3 is 0 Å². The van der Waals surface area contributed by atoms with Crippen molar-refractivity contribution in [2.45, 2.75) is 52.9 Å². The standard InChI is InChI=1S/C8H18N2S/c1-6(2)9-8(5)10(11-9)7(3)4/h6-8H,1-5H3. The molecule has 0 atom stereocenters. The van der Waals surface area contributed by atoms with E-state index in [1.807, 2.05) is 12.1 Å². The van der Waals surface area contributed by atoms with Crippen LogP contribution in [0.1, 0.15) is 34.6 Å². The van der Waals surface area contributed by atoms with Crippen LogP contribution >= 0.6 is 12.1 Å².